The Kier molecular flexibility index (Phi) is 5.41. The van der Waals surface area contributed by atoms with Crippen molar-refractivity contribution in [3.63, 3.8) is 0 Å². The van der Waals surface area contributed by atoms with E-state index in [2.05, 4.69) is 39.4 Å². The molecule has 4 aromatic rings. The number of nitrogens with zero attached hydrogens (tertiary/aromatic N) is 2. The van der Waals surface area contributed by atoms with E-state index in [0.29, 0.717) is 18.1 Å². The average molecular weight is 412 g/mol. The number of rotatable bonds is 6. The third-order valence-corrected chi connectivity index (χ3v) is 5.53. The summed E-state index contributed by atoms with van der Waals surface area (Å²) in [6, 6.07) is 17.7. The number of carbonyl (C=O) groups excluding carboxylic acids is 1. The lowest BCUT2D eigenvalue weighted by Crippen LogP contribution is -2.14. The maximum absolute atomic E-state index is 12.2. The minimum absolute atomic E-state index is 0.120. The maximum Gasteiger partial charge on any atom is 0.235 e. The Labute approximate surface area is 171 Å². The number of para-hydroxylation sites is 1. The Balaban J connectivity index is 1.51. The molecule has 4 rings (SSSR count). The Morgan fingerprint density at radius 1 is 1.21 bits per heavy atom. The number of halogens is 1. The molecule has 0 saturated heterocycles. The van der Waals surface area contributed by atoms with Gasteiger partial charge in [-0.05, 0) is 30.7 Å². The molecule has 1 amide bonds. The topological polar surface area (TPSA) is 60.1 Å². The Hall–Kier alpha value is -2.70. The number of aromatic nitrogens is 2. The molecule has 5 nitrogen and oxygen atoms in total. The standard InChI is InChI=1S/C21H18ClN3O2S/c1-14-9-20(24-27-14)23-21(26)13-28-19-12-25(18-8-3-2-7-17(18)19)11-15-5-4-6-16(22)10-15/h2-10,12H,11,13H2,1H3,(H,23,24,26). The van der Waals surface area contributed by atoms with Crippen molar-refractivity contribution in [3.05, 3.63) is 77.1 Å². The van der Waals surface area contributed by atoms with E-state index >= 15 is 0 Å². The summed E-state index contributed by atoms with van der Waals surface area (Å²) in [4.78, 5) is 13.3. The second-order valence-electron chi connectivity index (χ2n) is 6.43. The maximum atomic E-state index is 12.2. The van der Waals surface area contributed by atoms with Crippen LogP contribution in [0, 0.1) is 6.92 Å². The highest BCUT2D eigenvalue weighted by atomic mass is 35.5. The Morgan fingerprint density at radius 3 is 2.86 bits per heavy atom. The van der Waals surface area contributed by atoms with Crippen LogP contribution in [0.1, 0.15) is 11.3 Å². The summed E-state index contributed by atoms with van der Waals surface area (Å²) in [6.45, 7) is 2.50. The zero-order valence-electron chi connectivity index (χ0n) is 15.2. The summed E-state index contributed by atoms with van der Waals surface area (Å²) in [7, 11) is 0. The summed E-state index contributed by atoms with van der Waals surface area (Å²) < 4.78 is 7.15. The highest BCUT2D eigenvalue weighted by Gasteiger charge is 2.12. The van der Waals surface area contributed by atoms with E-state index in [1.807, 2.05) is 30.3 Å². The molecule has 0 unspecified atom stereocenters. The van der Waals surface area contributed by atoms with Crippen LogP contribution in [-0.4, -0.2) is 21.4 Å². The number of hydrogen-bond donors (Lipinski definition) is 1. The van der Waals surface area contributed by atoms with Gasteiger partial charge in [0, 0.05) is 39.6 Å². The lowest BCUT2D eigenvalue weighted by atomic mass is 10.2. The van der Waals surface area contributed by atoms with Gasteiger partial charge in [-0.1, -0.05) is 47.1 Å². The number of amides is 1. The van der Waals surface area contributed by atoms with E-state index in [4.69, 9.17) is 16.1 Å². The molecule has 2 heterocycles. The number of anilines is 1. The second kappa shape index (κ2) is 8.12. The number of carbonyl (C=O) groups is 1. The van der Waals surface area contributed by atoms with E-state index in [9.17, 15) is 4.79 Å². The Bertz CT molecular complexity index is 1140. The van der Waals surface area contributed by atoms with Crippen molar-refractivity contribution in [2.24, 2.45) is 0 Å². The summed E-state index contributed by atoms with van der Waals surface area (Å²) in [5, 5.41) is 8.39. The van der Waals surface area contributed by atoms with Crippen LogP contribution in [0.15, 0.2) is 70.2 Å². The number of hydrogen-bond acceptors (Lipinski definition) is 4. The van der Waals surface area contributed by atoms with Gasteiger partial charge in [-0.25, -0.2) is 0 Å². The van der Waals surface area contributed by atoms with Gasteiger partial charge in [0.15, 0.2) is 5.82 Å². The summed E-state index contributed by atoms with van der Waals surface area (Å²) in [5.74, 6) is 1.26. The van der Waals surface area contributed by atoms with Crippen LogP contribution in [0.4, 0.5) is 5.82 Å². The molecule has 0 bridgehead atoms. The number of aryl methyl sites for hydroxylation is 1. The van der Waals surface area contributed by atoms with E-state index in [0.717, 1.165) is 26.4 Å². The smallest absolute Gasteiger partial charge is 0.235 e. The van der Waals surface area contributed by atoms with Gasteiger partial charge >= 0.3 is 0 Å². The normalized spacial score (nSPS) is 11.1. The molecular weight excluding hydrogens is 394 g/mol. The zero-order chi connectivity index (χ0) is 19.5. The van der Waals surface area contributed by atoms with Crippen molar-refractivity contribution in [2.75, 3.05) is 11.1 Å². The monoisotopic (exact) mass is 411 g/mol. The van der Waals surface area contributed by atoms with Crippen LogP contribution < -0.4 is 5.32 Å². The molecule has 7 heteroatoms. The molecule has 0 saturated carbocycles. The van der Waals surface area contributed by atoms with Crippen LogP contribution in [-0.2, 0) is 11.3 Å². The number of nitrogens with one attached hydrogen (secondary N) is 1. The van der Waals surface area contributed by atoms with Gasteiger partial charge in [0.2, 0.25) is 5.91 Å². The zero-order valence-corrected chi connectivity index (χ0v) is 16.8. The van der Waals surface area contributed by atoms with Gasteiger partial charge in [-0.2, -0.15) is 0 Å². The number of thioether (sulfide) groups is 1. The van der Waals surface area contributed by atoms with Gasteiger partial charge in [-0.3, -0.25) is 4.79 Å². The molecule has 0 radical (unpaired) electrons. The van der Waals surface area contributed by atoms with E-state index in [1.165, 1.54) is 11.8 Å². The van der Waals surface area contributed by atoms with Crippen LogP contribution in [0.2, 0.25) is 5.02 Å². The fourth-order valence-corrected chi connectivity index (χ4v) is 4.14. The molecule has 0 fully saturated rings. The first-order chi connectivity index (χ1) is 13.6. The Morgan fingerprint density at radius 2 is 2.07 bits per heavy atom. The molecule has 142 valence electrons. The number of benzene rings is 2. The average Bonchev–Trinajstić information content (AvgIpc) is 3.24. The van der Waals surface area contributed by atoms with Gasteiger partial charge in [0.1, 0.15) is 5.76 Å². The van der Waals surface area contributed by atoms with Crippen molar-refractivity contribution in [2.45, 2.75) is 18.4 Å². The minimum atomic E-state index is -0.120. The SMILES string of the molecule is Cc1cc(NC(=O)CSc2cn(Cc3cccc(Cl)c3)c3ccccc23)no1. The molecule has 0 aliphatic carbocycles. The molecule has 0 spiro atoms. The first kappa shape index (κ1) is 18.7. The van der Waals surface area contributed by atoms with Crippen LogP contribution in [0.3, 0.4) is 0 Å². The predicted octanol–water partition coefficient (Wildman–Crippen LogP) is 5.37. The molecule has 28 heavy (non-hydrogen) atoms. The van der Waals surface area contributed by atoms with Gasteiger partial charge in [0.25, 0.3) is 0 Å². The molecule has 2 aromatic heterocycles. The van der Waals surface area contributed by atoms with E-state index in [1.54, 1.807) is 13.0 Å². The van der Waals surface area contributed by atoms with Crippen LogP contribution in [0.25, 0.3) is 10.9 Å². The molecule has 0 atom stereocenters. The van der Waals surface area contributed by atoms with Crippen molar-refractivity contribution in [3.8, 4) is 0 Å². The molecule has 2 aromatic carbocycles. The predicted molar refractivity (Wildman–Crippen MR) is 113 cm³/mol. The highest BCUT2D eigenvalue weighted by molar-refractivity contribution is 8.00. The van der Waals surface area contributed by atoms with Crippen molar-refractivity contribution < 1.29 is 9.32 Å². The van der Waals surface area contributed by atoms with Gasteiger partial charge in [0.05, 0.1) is 5.75 Å². The largest absolute Gasteiger partial charge is 0.360 e. The quantitative estimate of drug-likeness (QED) is 0.433. The van der Waals surface area contributed by atoms with Crippen LogP contribution in [0.5, 0.6) is 0 Å². The first-order valence-corrected chi connectivity index (χ1v) is 10.1. The molecule has 0 aliphatic rings. The first-order valence-electron chi connectivity index (χ1n) is 8.77. The third kappa shape index (κ3) is 4.24. The lowest BCUT2D eigenvalue weighted by molar-refractivity contribution is -0.113. The van der Waals surface area contributed by atoms with E-state index < -0.39 is 0 Å². The molecule has 1 N–H and O–H groups in total. The molecule has 0 aliphatic heterocycles. The molecular formula is C21H18ClN3O2S. The minimum Gasteiger partial charge on any atom is -0.360 e. The van der Waals surface area contributed by atoms with Gasteiger partial charge in [-0.15, -0.1) is 11.8 Å². The summed E-state index contributed by atoms with van der Waals surface area (Å²) in [6.07, 6.45) is 2.09. The summed E-state index contributed by atoms with van der Waals surface area (Å²) in [5.41, 5.74) is 2.25. The van der Waals surface area contributed by atoms with Crippen LogP contribution >= 0.6 is 23.4 Å². The van der Waals surface area contributed by atoms with E-state index in [-0.39, 0.29) is 11.7 Å². The van der Waals surface area contributed by atoms with Crippen molar-refractivity contribution >= 4 is 46.0 Å². The summed E-state index contributed by atoms with van der Waals surface area (Å²) >= 11 is 7.62. The van der Waals surface area contributed by atoms with Gasteiger partial charge < -0.3 is 14.4 Å². The van der Waals surface area contributed by atoms with Crippen molar-refractivity contribution in [1.29, 1.82) is 0 Å². The van der Waals surface area contributed by atoms with Crippen molar-refractivity contribution in [1.82, 2.24) is 9.72 Å². The lowest BCUT2D eigenvalue weighted by Gasteiger charge is -2.05. The third-order valence-electron chi connectivity index (χ3n) is 4.25. The highest BCUT2D eigenvalue weighted by Crippen LogP contribution is 2.30. The number of fused-ring (bicyclic) bond motifs is 1. The fraction of sp³-hybridized carbons (Fsp3) is 0.143. The fourth-order valence-electron chi connectivity index (χ4n) is 3.04. The second-order valence-corrected chi connectivity index (χ2v) is 7.88.